The number of amides is 2. The molecule has 25 heavy (non-hydrogen) atoms. The summed E-state index contributed by atoms with van der Waals surface area (Å²) in [5, 5.41) is 15.1. The first-order chi connectivity index (χ1) is 11.7. The first-order valence-electron chi connectivity index (χ1n) is 8.67. The molecular weight excluding hydrogens is 325 g/mol. The van der Waals surface area contributed by atoms with Crippen LogP contribution in [0, 0.1) is 5.82 Å². The summed E-state index contributed by atoms with van der Waals surface area (Å²) in [6.45, 7) is 8.78. The Hall–Kier alpha value is -1.86. The number of urea groups is 1. The van der Waals surface area contributed by atoms with Crippen LogP contribution in [0.25, 0.3) is 0 Å². The minimum atomic E-state index is -0.962. The zero-order valence-corrected chi connectivity index (χ0v) is 15.3. The van der Waals surface area contributed by atoms with Crippen LogP contribution in [0.3, 0.4) is 0 Å². The Morgan fingerprint density at radius 1 is 1.40 bits per heavy atom. The molecule has 1 aromatic rings. The van der Waals surface area contributed by atoms with Gasteiger partial charge in [0.05, 0.1) is 23.5 Å². The summed E-state index contributed by atoms with van der Waals surface area (Å²) in [6, 6.07) is 4.16. The van der Waals surface area contributed by atoms with E-state index in [0.29, 0.717) is 30.9 Å². The van der Waals surface area contributed by atoms with Crippen LogP contribution in [0.1, 0.15) is 34.1 Å². The van der Waals surface area contributed by atoms with Crippen LogP contribution in [-0.4, -0.2) is 48.6 Å². The lowest BCUT2D eigenvalue weighted by molar-refractivity contribution is -0.00539. The standard InChI is InChI=1S/C18H28FN3O3/c1-5-18(4,24)11-20-17(23)21-14-6-7-16(15(19)8-14)22-9-12(2)25-13(3)10-22/h6-8,12-13,24H,5,9-11H2,1-4H3,(H2,20,21,23)/t12-,13-,18+/m1/s1. The van der Waals surface area contributed by atoms with Gasteiger partial charge in [0.15, 0.2) is 0 Å². The van der Waals surface area contributed by atoms with E-state index in [1.807, 2.05) is 25.7 Å². The Morgan fingerprint density at radius 3 is 2.60 bits per heavy atom. The highest BCUT2D eigenvalue weighted by atomic mass is 19.1. The van der Waals surface area contributed by atoms with Gasteiger partial charge in [-0.25, -0.2) is 9.18 Å². The van der Waals surface area contributed by atoms with Crippen LogP contribution in [-0.2, 0) is 4.74 Å². The molecule has 0 spiro atoms. The van der Waals surface area contributed by atoms with Crippen molar-refractivity contribution in [3.05, 3.63) is 24.0 Å². The van der Waals surface area contributed by atoms with E-state index < -0.39 is 11.6 Å². The second-order valence-corrected chi connectivity index (χ2v) is 6.99. The van der Waals surface area contributed by atoms with E-state index in [-0.39, 0.29) is 24.6 Å². The van der Waals surface area contributed by atoms with Crippen molar-refractivity contribution in [1.82, 2.24) is 5.32 Å². The second-order valence-electron chi connectivity index (χ2n) is 6.99. The number of rotatable bonds is 5. The molecule has 2 rings (SSSR count). The van der Waals surface area contributed by atoms with Gasteiger partial charge >= 0.3 is 6.03 Å². The van der Waals surface area contributed by atoms with Crippen molar-refractivity contribution >= 4 is 17.4 Å². The molecule has 1 aliphatic heterocycles. The number of hydrogen-bond acceptors (Lipinski definition) is 4. The number of nitrogens with zero attached hydrogens (tertiary/aromatic N) is 1. The van der Waals surface area contributed by atoms with Crippen molar-refractivity contribution in [2.24, 2.45) is 0 Å². The fourth-order valence-electron chi connectivity index (χ4n) is 2.79. The maximum atomic E-state index is 14.5. The number of aliphatic hydroxyl groups is 1. The largest absolute Gasteiger partial charge is 0.388 e. The van der Waals surface area contributed by atoms with Crippen molar-refractivity contribution in [1.29, 1.82) is 0 Å². The number of anilines is 2. The van der Waals surface area contributed by atoms with Crippen molar-refractivity contribution < 1.29 is 19.0 Å². The van der Waals surface area contributed by atoms with Gasteiger partial charge in [0, 0.05) is 25.3 Å². The summed E-state index contributed by atoms with van der Waals surface area (Å²) in [5.74, 6) is -0.389. The highest BCUT2D eigenvalue weighted by molar-refractivity contribution is 5.89. The molecule has 1 fully saturated rings. The van der Waals surface area contributed by atoms with E-state index in [1.54, 1.807) is 19.1 Å². The zero-order valence-electron chi connectivity index (χ0n) is 15.3. The quantitative estimate of drug-likeness (QED) is 0.761. The topological polar surface area (TPSA) is 73.8 Å². The zero-order chi connectivity index (χ0) is 18.6. The summed E-state index contributed by atoms with van der Waals surface area (Å²) < 4.78 is 20.1. The molecule has 3 N–H and O–H groups in total. The Labute approximate surface area is 148 Å². The van der Waals surface area contributed by atoms with Crippen molar-refractivity contribution in [3.63, 3.8) is 0 Å². The monoisotopic (exact) mass is 353 g/mol. The van der Waals surface area contributed by atoms with Gasteiger partial charge in [-0.3, -0.25) is 0 Å². The lowest BCUT2D eigenvalue weighted by atomic mass is 10.0. The molecule has 0 bridgehead atoms. The number of carbonyl (C=O) groups is 1. The second kappa shape index (κ2) is 8.01. The molecule has 1 aromatic carbocycles. The van der Waals surface area contributed by atoms with Crippen LogP contribution < -0.4 is 15.5 Å². The molecule has 0 aliphatic carbocycles. The molecule has 1 heterocycles. The number of nitrogens with one attached hydrogen (secondary N) is 2. The van der Waals surface area contributed by atoms with Crippen LogP contribution in [0.4, 0.5) is 20.6 Å². The van der Waals surface area contributed by atoms with Crippen molar-refractivity contribution in [3.8, 4) is 0 Å². The molecule has 1 aliphatic rings. The van der Waals surface area contributed by atoms with Gasteiger partial charge in [0.1, 0.15) is 5.82 Å². The van der Waals surface area contributed by atoms with Gasteiger partial charge in [-0.2, -0.15) is 0 Å². The minimum absolute atomic E-state index is 0.0399. The van der Waals surface area contributed by atoms with Crippen LogP contribution in [0.15, 0.2) is 18.2 Å². The SMILES string of the molecule is CC[C@](C)(O)CNC(=O)Nc1ccc(N2C[C@@H](C)O[C@H](C)C2)c(F)c1. The smallest absolute Gasteiger partial charge is 0.319 e. The molecule has 0 saturated carbocycles. The number of halogens is 1. The average molecular weight is 353 g/mol. The van der Waals surface area contributed by atoms with E-state index in [2.05, 4.69) is 10.6 Å². The molecule has 0 unspecified atom stereocenters. The Balaban J connectivity index is 1.98. The molecule has 7 heteroatoms. The highest BCUT2D eigenvalue weighted by Crippen LogP contribution is 2.26. The lowest BCUT2D eigenvalue weighted by Crippen LogP contribution is -2.45. The minimum Gasteiger partial charge on any atom is -0.388 e. The summed E-state index contributed by atoms with van der Waals surface area (Å²) >= 11 is 0. The number of ether oxygens (including phenoxy) is 1. The van der Waals surface area contributed by atoms with Gasteiger partial charge in [0.2, 0.25) is 0 Å². The van der Waals surface area contributed by atoms with Gasteiger partial charge < -0.3 is 25.4 Å². The maximum Gasteiger partial charge on any atom is 0.319 e. The Bertz CT molecular complexity index is 599. The Kier molecular flexibility index (Phi) is 6.24. The normalized spacial score (nSPS) is 23.0. The average Bonchev–Trinajstić information content (AvgIpc) is 2.52. The van der Waals surface area contributed by atoms with Gasteiger partial charge in [-0.05, 0) is 45.4 Å². The van der Waals surface area contributed by atoms with E-state index in [4.69, 9.17) is 4.74 Å². The third-order valence-corrected chi connectivity index (χ3v) is 4.36. The van der Waals surface area contributed by atoms with E-state index >= 15 is 0 Å². The number of carbonyl (C=O) groups excluding carboxylic acids is 1. The first-order valence-corrected chi connectivity index (χ1v) is 8.67. The maximum absolute atomic E-state index is 14.5. The van der Waals surface area contributed by atoms with E-state index in [1.165, 1.54) is 6.07 Å². The molecule has 3 atom stereocenters. The van der Waals surface area contributed by atoms with Crippen LogP contribution >= 0.6 is 0 Å². The van der Waals surface area contributed by atoms with E-state index in [9.17, 15) is 14.3 Å². The molecule has 2 amide bonds. The van der Waals surface area contributed by atoms with Crippen LogP contribution in [0.2, 0.25) is 0 Å². The summed E-state index contributed by atoms with van der Waals surface area (Å²) in [6.07, 6.45) is 0.601. The predicted octanol–water partition coefficient (Wildman–Crippen LogP) is 2.72. The third kappa shape index (κ3) is 5.57. The van der Waals surface area contributed by atoms with Gasteiger partial charge in [-0.1, -0.05) is 6.92 Å². The van der Waals surface area contributed by atoms with Crippen LogP contribution in [0.5, 0.6) is 0 Å². The molecule has 1 saturated heterocycles. The Morgan fingerprint density at radius 2 is 2.04 bits per heavy atom. The fraction of sp³-hybridized carbons (Fsp3) is 0.611. The van der Waals surface area contributed by atoms with Crippen molar-refractivity contribution in [2.45, 2.75) is 51.9 Å². The summed E-state index contributed by atoms with van der Waals surface area (Å²) in [4.78, 5) is 13.8. The van der Waals surface area contributed by atoms with Gasteiger partial charge in [0.25, 0.3) is 0 Å². The van der Waals surface area contributed by atoms with Crippen molar-refractivity contribution in [2.75, 3.05) is 29.9 Å². The molecule has 6 nitrogen and oxygen atoms in total. The van der Waals surface area contributed by atoms with E-state index in [0.717, 1.165) is 0 Å². The number of morpholine rings is 1. The number of hydrogen-bond donors (Lipinski definition) is 3. The first kappa shape index (κ1) is 19.5. The lowest BCUT2D eigenvalue weighted by Gasteiger charge is -2.37. The van der Waals surface area contributed by atoms with Gasteiger partial charge in [-0.15, -0.1) is 0 Å². The third-order valence-electron chi connectivity index (χ3n) is 4.36. The summed E-state index contributed by atoms with van der Waals surface area (Å²) in [7, 11) is 0. The molecule has 0 aromatic heterocycles. The molecule has 140 valence electrons. The molecule has 0 radical (unpaired) electrons. The predicted molar refractivity (Wildman–Crippen MR) is 96.6 cm³/mol. The number of benzene rings is 1. The summed E-state index contributed by atoms with van der Waals surface area (Å²) in [5.41, 5.74) is -0.0954. The highest BCUT2D eigenvalue weighted by Gasteiger charge is 2.24. The molecular formula is C18H28FN3O3. The fourth-order valence-corrected chi connectivity index (χ4v) is 2.79.